The van der Waals surface area contributed by atoms with E-state index in [0.717, 1.165) is 18.6 Å². The van der Waals surface area contributed by atoms with Crippen molar-refractivity contribution in [2.45, 2.75) is 86.4 Å². The van der Waals surface area contributed by atoms with E-state index in [4.69, 9.17) is 9.47 Å². The summed E-state index contributed by atoms with van der Waals surface area (Å²) in [4.78, 5) is 0. The molecule has 42 heavy (non-hydrogen) atoms. The van der Waals surface area contributed by atoms with Crippen LogP contribution in [0.25, 0.3) is 22.3 Å². The Morgan fingerprint density at radius 3 is 1.62 bits per heavy atom. The van der Waals surface area contributed by atoms with Crippen LogP contribution in [0.2, 0.25) is 0 Å². The van der Waals surface area contributed by atoms with Crippen LogP contribution in [-0.2, 0) is 4.74 Å². The van der Waals surface area contributed by atoms with E-state index >= 15 is 0 Å². The van der Waals surface area contributed by atoms with Crippen molar-refractivity contribution < 1.29 is 9.47 Å². The smallest absolute Gasteiger partial charge is 0.196 e. The van der Waals surface area contributed by atoms with Crippen molar-refractivity contribution in [1.29, 1.82) is 0 Å². The molecule has 0 radical (unpaired) electrons. The first kappa shape index (κ1) is 31.6. The maximum atomic E-state index is 6.20. The molecule has 4 rings (SSSR count). The Morgan fingerprint density at radius 1 is 0.619 bits per heavy atom. The van der Waals surface area contributed by atoms with Crippen LogP contribution >= 0.6 is 0 Å². The lowest BCUT2D eigenvalue weighted by Gasteiger charge is -2.36. The van der Waals surface area contributed by atoms with E-state index in [0.29, 0.717) is 18.4 Å². The van der Waals surface area contributed by atoms with Gasteiger partial charge < -0.3 is 9.47 Å². The van der Waals surface area contributed by atoms with E-state index in [1.807, 2.05) is 6.92 Å². The SMILES string of the molecule is CC(OCCC(C)c1c(-c2ccccc2)cccc1-c1ccccc1)Oc1ccc(C(CC(C)(C)C)C(C)(C)C)cc1. The largest absolute Gasteiger partial charge is 0.465 e. The molecule has 0 aliphatic rings. The average Bonchev–Trinajstić information content (AvgIpc) is 2.96. The molecule has 0 saturated heterocycles. The molecule has 4 aromatic carbocycles. The van der Waals surface area contributed by atoms with Gasteiger partial charge in [-0.2, -0.15) is 0 Å². The summed E-state index contributed by atoms with van der Waals surface area (Å²) in [6.45, 7) is 18.9. The fourth-order valence-corrected chi connectivity index (χ4v) is 5.93. The maximum absolute atomic E-state index is 6.20. The highest BCUT2D eigenvalue weighted by atomic mass is 16.7. The van der Waals surface area contributed by atoms with Gasteiger partial charge in [-0.3, -0.25) is 0 Å². The molecule has 0 N–H and O–H groups in total. The minimum Gasteiger partial charge on any atom is -0.465 e. The van der Waals surface area contributed by atoms with Gasteiger partial charge in [-0.25, -0.2) is 0 Å². The Labute approximate surface area is 255 Å². The van der Waals surface area contributed by atoms with Crippen molar-refractivity contribution in [2.24, 2.45) is 10.8 Å². The van der Waals surface area contributed by atoms with Gasteiger partial charge in [-0.1, -0.05) is 139 Å². The second kappa shape index (κ2) is 13.7. The van der Waals surface area contributed by atoms with Crippen molar-refractivity contribution in [1.82, 2.24) is 0 Å². The molecule has 222 valence electrons. The van der Waals surface area contributed by atoms with E-state index in [2.05, 4.69) is 152 Å². The fourth-order valence-electron chi connectivity index (χ4n) is 5.93. The zero-order valence-corrected chi connectivity index (χ0v) is 27.0. The van der Waals surface area contributed by atoms with Gasteiger partial charge in [-0.05, 0) is 87.9 Å². The summed E-state index contributed by atoms with van der Waals surface area (Å²) in [5, 5.41) is 0. The van der Waals surface area contributed by atoms with Gasteiger partial charge in [0.05, 0.1) is 6.61 Å². The minimum atomic E-state index is -0.325. The quantitative estimate of drug-likeness (QED) is 0.169. The number of hydrogen-bond acceptors (Lipinski definition) is 2. The third-order valence-electron chi connectivity index (χ3n) is 8.12. The highest BCUT2D eigenvalue weighted by Gasteiger charge is 2.30. The van der Waals surface area contributed by atoms with Crippen molar-refractivity contribution in [3.05, 3.63) is 114 Å². The first-order chi connectivity index (χ1) is 19.9. The highest BCUT2D eigenvalue weighted by Crippen LogP contribution is 2.43. The predicted molar refractivity (Wildman–Crippen MR) is 179 cm³/mol. The standard InChI is InChI=1S/C40H50O2/c1-29(38-35(31-16-11-9-12-17-31)20-15-21-36(38)32-18-13-10-14-19-32)26-27-41-30(2)42-34-24-22-33(23-25-34)37(40(6,7)8)28-39(3,4)5/h9-25,29-30,37H,26-28H2,1-8H3. The lowest BCUT2D eigenvalue weighted by Crippen LogP contribution is -2.24. The summed E-state index contributed by atoms with van der Waals surface area (Å²) >= 11 is 0. The van der Waals surface area contributed by atoms with Crippen LogP contribution < -0.4 is 4.74 Å². The van der Waals surface area contributed by atoms with Crippen molar-refractivity contribution in [2.75, 3.05) is 6.61 Å². The molecule has 0 spiro atoms. The normalized spacial score (nSPS) is 14.3. The van der Waals surface area contributed by atoms with Gasteiger partial charge in [0.15, 0.2) is 6.29 Å². The zero-order chi connectivity index (χ0) is 30.3. The zero-order valence-electron chi connectivity index (χ0n) is 27.0. The molecule has 2 nitrogen and oxygen atoms in total. The summed E-state index contributed by atoms with van der Waals surface area (Å²) in [6.07, 6.45) is 1.72. The van der Waals surface area contributed by atoms with E-state index in [1.54, 1.807) is 0 Å². The van der Waals surface area contributed by atoms with Crippen LogP contribution in [0.3, 0.4) is 0 Å². The van der Waals surface area contributed by atoms with Crippen LogP contribution in [0.1, 0.15) is 91.2 Å². The minimum absolute atomic E-state index is 0.197. The average molecular weight is 563 g/mol. The van der Waals surface area contributed by atoms with Gasteiger partial charge in [-0.15, -0.1) is 0 Å². The fraction of sp³-hybridized carbons (Fsp3) is 0.400. The Bertz CT molecular complexity index is 1320. The van der Waals surface area contributed by atoms with E-state index in [1.165, 1.54) is 33.4 Å². The molecule has 0 saturated carbocycles. The molecule has 0 aliphatic carbocycles. The maximum Gasteiger partial charge on any atom is 0.196 e. The second-order valence-corrected chi connectivity index (χ2v) is 14.0. The lowest BCUT2D eigenvalue weighted by atomic mass is 9.69. The molecule has 2 heteroatoms. The molecular weight excluding hydrogens is 512 g/mol. The monoisotopic (exact) mass is 562 g/mol. The van der Waals surface area contributed by atoms with Crippen LogP contribution in [0.15, 0.2) is 103 Å². The Hall–Kier alpha value is -3.36. The topological polar surface area (TPSA) is 18.5 Å². The van der Waals surface area contributed by atoms with Gasteiger partial charge in [0.25, 0.3) is 0 Å². The number of hydrogen-bond donors (Lipinski definition) is 0. The summed E-state index contributed by atoms with van der Waals surface area (Å²) in [5.41, 5.74) is 8.27. The second-order valence-electron chi connectivity index (χ2n) is 14.0. The van der Waals surface area contributed by atoms with Crippen molar-refractivity contribution >= 4 is 0 Å². The molecule has 0 bridgehead atoms. The van der Waals surface area contributed by atoms with Crippen LogP contribution in [0, 0.1) is 10.8 Å². The first-order valence-electron chi connectivity index (χ1n) is 15.5. The third-order valence-corrected chi connectivity index (χ3v) is 8.12. The molecule has 0 fully saturated rings. The van der Waals surface area contributed by atoms with Crippen LogP contribution in [0.5, 0.6) is 5.75 Å². The van der Waals surface area contributed by atoms with Crippen LogP contribution in [-0.4, -0.2) is 12.9 Å². The third kappa shape index (κ3) is 8.58. The molecular formula is C40H50O2. The van der Waals surface area contributed by atoms with Crippen molar-refractivity contribution in [3.8, 4) is 28.0 Å². The Morgan fingerprint density at radius 2 is 1.14 bits per heavy atom. The van der Waals surface area contributed by atoms with E-state index in [-0.39, 0.29) is 17.1 Å². The van der Waals surface area contributed by atoms with E-state index in [9.17, 15) is 0 Å². The molecule has 0 heterocycles. The molecule has 0 amide bonds. The van der Waals surface area contributed by atoms with Gasteiger partial charge in [0, 0.05) is 0 Å². The Balaban J connectivity index is 1.42. The predicted octanol–water partition coefficient (Wildman–Crippen LogP) is 11.5. The van der Waals surface area contributed by atoms with Gasteiger partial charge in [0.1, 0.15) is 5.75 Å². The van der Waals surface area contributed by atoms with Crippen LogP contribution in [0.4, 0.5) is 0 Å². The van der Waals surface area contributed by atoms with E-state index < -0.39 is 0 Å². The molecule has 0 aromatic heterocycles. The summed E-state index contributed by atoms with van der Waals surface area (Å²) < 4.78 is 12.4. The highest BCUT2D eigenvalue weighted by molar-refractivity contribution is 5.79. The molecule has 0 aliphatic heterocycles. The molecule has 3 atom stereocenters. The lowest BCUT2D eigenvalue weighted by molar-refractivity contribution is -0.0683. The summed E-state index contributed by atoms with van der Waals surface area (Å²) in [5.74, 6) is 1.64. The number of ether oxygens (including phenoxy) is 2. The van der Waals surface area contributed by atoms with Gasteiger partial charge >= 0.3 is 0 Å². The molecule has 4 aromatic rings. The first-order valence-corrected chi connectivity index (χ1v) is 15.5. The summed E-state index contributed by atoms with van der Waals surface area (Å²) in [7, 11) is 0. The number of rotatable bonds is 11. The molecule has 3 unspecified atom stereocenters. The number of benzene rings is 4. The van der Waals surface area contributed by atoms with Crippen molar-refractivity contribution in [3.63, 3.8) is 0 Å². The van der Waals surface area contributed by atoms with Gasteiger partial charge in [0.2, 0.25) is 0 Å². The Kier molecular flexibility index (Phi) is 10.3. The summed E-state index contributed by atoms with van der Waals surface area (Å²) in [6, 6.07) is 36.7.